The number of hydrogen-bond acceptors (Lipinski definition) is 5. The van der Waals surface area contributed by atoms with Crippen LogP contribution in [0.3, 0.4) is 0 Å². The second-order valence-electron chi connectivity index (χ2n) is 12.2. The number of rotatable bonds is 8. The Morgan fingerprint density at radius 1 is 0.914 bits per heavy atom. The van der Waals surface area contributed by atoms with Crippen LogP contribution in [-0.4, -0.2) is 43.5 Å². The molecule has 35 heavy (non-hydrogen) atoms. The Balaban J connectivity index is 2.04. The lowest BCUT2D eigenvalue weighted by Crippen LogP contribution is -2.39. The number of aromatic nitrogens is 4. The van der Waals surface area contributed by atoms with Crippen LogP contribution in [0.5, 0.6) is 5.75 Å². The topological polar surface area (TPSA) is 64.9 Å². The highest BCUT2D eigenvalue weighted by Crippen LogP contribution is 2.31. The van der Waals surface area contributed by atoms with E-state index in [-0.39, 0.29) is 11.6 Å². The zero-order chi connectivity index (χ0) is 26.0. The van der Waals surface area contributed by atoms with Crippen LogP contribution < -0.4 is 10.1 Å². The van der Waals surface area contributed by atoms with Gasteiger partial charge in [0.25, 0.3) is 0 Å². The van der Waals surface area contributed by atoms with Crippen molar-refractivity contribution in [1.29, 1.82) is 0 Å². The van der Waals surface area contributed by atoms with Gasteiger partial charge in [-0.05, 0) is 66.6 Å². The molecule has 6 nitrogen and oxygen atoms in total. The lowest BCUT2D eigenvalue weighted by Gasteiger charge is -2.31. The molecule has 0 aliphatic rings. The summed E-state index contributed by atoms with van der Waals surface area (Å²) in [6, 6.07) is 16.6. The second kappa shape index (κ2) is 10.1. The standard InChI is InChI=1S/C27H41N5OSi2/c1-27(2,3)32-26(29-30-31-32)25(28-22-15-17-23(33-4)18-16-22)21-13-11-20(12-14-21)19-24(34(5,6)7)35(8,9)10/h11-19,25,28H,1-10H3. The average molecular weight is 508 g/mol. The summed E-state index contributed by atoms with van der Waals surface area (Å²) in [5.41, 5.74) is 3.10. The van der Waals surface area contributed by atoms with Crippen molar-refractivity contribution in [3.05, 3.63) is 70.3 Å². The third-order valence-corrected chi connectivity index (χ3v) is 14.0. The number of anilines is 1. The van der Waals surface area contributed by atoms with Crippen LogP contribution >= 0.6 is 0 Å². The van der Waals surface area contributed by atoms with Crippen molar-refractivity contribution in [2.75, 3.05) is 12.4 Å². The van der Waals surface area contributed by atoms with Gasteiger partial charge in [-0.25, -0.2) is 4.68 Å². The molecule has 8 heteroatoms. The summed E-state index contributed by atoms with van der Waals surface area (Å²) >= 11 is 0. The lowest BCUT2D eigenvalue weighted by atomic mass is 10.0. The van der Waals surface area contributed by atoms with E-state index in [1.807, 2.05) is 28.9 Å². The summed E-state index contributed by atoms with van der Waals surface area (Å²) in [5.74, 6) is 1.60. The molecule has 0 aliphatic carbocycles. The monoisotopic (exact) mass is 507 g/mol. The predicted octanol–water partition coefficient (Wildman–Crippen LogP) is 6.78. The van der Waals surface area contributed by atoms with Gasteiger partial charge < -0.3 is 10.1 Å². The maximum absolute atomic E-state index is 5.32. The lowest BCUT2D eigenvalue weighted by molar-refractivity contribution is 0.333. The number of hydrogen-bond donors (Lipinski definition) is 1. The summed E-state index contributed by atoms with van der Waals surface area (Å²) in [6.45, 7) is 21.0. The highest BCUT2D eigenvalue weighted by molar-refractivity contribution is 7.05. The van der Waals surface area contributed by atoms with Gasteiger partial charge >= 0.3 is 0 Å². The first-order valence-electron chi connectivity index (χ1n) is 12.2. The van der Waals surface area contributed by atoms with E-state index in [2.05, 4.69) is 111 Å². The molecule has 0 fully saturated rings. The first-order chi connectivity index (χ1) is 16.2. The van der Waals surface area contributed by atoms with E-state index in [4.69, 9.17) is 4.74 Å². The first kappa shape index (κ1) is 26.9. The largest absolute Gasteiger partial charge is 0.497 e. The molecule has 1 unspecified atom stereocenters. The van der Waals surface area contributed by atoms with Gasteiger partial charge in [0.15, 0.2) is 5.82 Å². The molecule has 188 valence electrons. The maximum Gasteiger partial charge on any atom is 0.178 e. The van der Waals surface area contributed by atoms with E-state index in [0.717, 1.165) is 22.8 Å². The predicted molar refractivity (Wildman–Crippen MR) is 152 cm³/mol. The number of nitrogens with zero attached hydrogens (tertiary/aromatic N) is 4. The first-order valence-corrected chi connectivity index (χ1v) is 19.2. The summed E-state index contributed by atoms with van der Waals surface area (Å²) in [6.07, 6.45) is 2.45. The molecule has 1 aromatic heterocycles. The summed E-state index contributed by atoms with van der Waals surface area (Å²) in [7, 11) is -1.13. The molecule has 0 saturated carbocycles. The zero-order valence-corrected chi connectivity index (χ0v) is 25.0. The van der Waals surface area contributed by atoms with Crippen molar-refractivity contribution in [2.45, 2.75) is 71.6 Å². The number of benzene rings is 2. The fourth-order valence-corrected chi connectivity index (χ4v) is 14.7. The van der Waals surface area contributed by atoms with E-state index >= 15 is 0 Å². The number of methoxy groups -OCH3 is 1. The van der Waals surface area contributed by atoms with Crippen LogP contribution in [0.1, 0.15) is 43.8 Å². The minimum absolute atomic E-state index is 0.205. The van der Waals surface area contributed by atoms with E-state index in [9.17, 15) is 0 Å². The third kappa shape index (κ3) is 6.70. The third-order valence-electron chi connectivity index (χ3n) is 5.99. The molecule has 1 N–H and O–H groups in total. The molecular weight excluding hydrogens is 467 g/mol. The Labute approximate surface area is 212 Å². The molecule has 0 bridgehead atoms. The zero-order valence-electron chi connectivity index (χ0n) is 23.0. The van der Waals surface area contributed by atoms with Crippen molar-refractivity contribution in [3.8, 4) is 5.75 Å². The molecule has 0 aliphatic heterocycles. The molecule has 0 saturated heterocycles. The van der Waals surface area contributed by atoms with Crippen molar-refractivity contribution in [3.63, 3.8) is 0 Å². The normalized spacial score (nSPS) is 13.3. The SMILES string of the molecule is COc1ccc(NC(c2ccc(C=C([Si](C)(C)C)[Si](C)(C)C)cc2)c2nnnn2C(C)(C)C)cc1. The molecule has 1 heterocycles. The van der Waals surface area contributed by atoms with Gasteiger partial charge in [-0.1, -0.05) is 74.4 Å². The molecule has 0 radical (unpaired) electrons. The maximum atomic E-state index is 5.32. The Bertz CT molecular complexity index is 1130. The second-order valence-corrected chi connectivity index (χ2v) is 22.7. The van der Waals surface area contributed by atoms with Crippen molar-refractivity contribution in [2.24, 2.45) is 0 Å². The van der Waals surface area contributed by atoms with Crippen LogP contribution in [0.2, 0.25) is 39.3 Å². The summed E-state index contributed by atoms with van der Waals surface area (Å²) in [4.78, 5) is 1.70. The molecule has 1 atom stereocenters. The fourth-order valence-electron chi connectivity index (χ4n) is 4.51. The molecule has 3 rings (SSSR count). The molecule has 0 spiro atoms. The average Bonchev–Trinajstić information content (AvgIpc) is 3.25. The van der Waals surface area contributed by atoms with Crippen molar-refractivity contribution in [1.82, 2.24) is 20.2 Å². The minimum atomic E-state index is -1.40. The van der Waals surface area contributed by atoms with Crippen molar-refractivity contribution >= 4 is 27.9 Å². The number of tetrazole rings is 1. The minimum Gasteiger partial charge on any atom is -0.497 e. The number of nitrogens with one attached hydrogen (secondary N) is 1. The molecule has 3 aromatic rings. The highest BCUT2D eigenvalue weighted by Gasteiger charge is 2.31. The van der Waals surface area contributed by atoms with E-state index in [1.165, 1.54) is 5.56 Å². The van der Waals surface area contributed by atoms with Crippen LogP contribution in [-0.2, 0) is 5.54 Å². The van der Waals surface area contributed by atoms with E-state index in [0.29, 0.717) is 0 Å². The van der Waals surface area contributed by atoms with E-state index < -0.39 is 16.1 Å². The number of ether oxygens (including phenoxy) is 1. The quantitative estimate of drug-likeness (QED) is 0.341. The molecule has 0 amide bonds. The fraction of sp³-hybridized carbons (Fsp3) is 0.444. The summed E-state index contributed by atoms with van der Waals surface area (Å²) < 4.78 is 7.22. The highest BCUT2D eigenvalue weighted by atomic mass is 28.4. The van der Waals surface area contributed by atoms with Gasteiger partial charge in [-0.15, -0.1) is 5.10 Å². The van der Waals surface area contributed by atoms with Crippen LogP contribution in [0.15, 0.2) is 53.4 Å². The van der Waals surface area contributed by atoms with Crippen molar-refractivity contribution < 1.29 is 4.74 Å². The molecular formula is C27H41N5OSi2. The Kier molecular flexibility index (Phi) is 7.76. The van der Waals surface area contributed by atoms with Gasteiger partial charge in [0.05, 0.1) is 28.8 Å². The Morgan fingerprint density at radius 2 is 1.49 bits per heavy atom. The summed E-state index contributed by atoms with van der Waals surface area (Å²) in [5, 5.41) is 16.4. The van der Waals surface area contributed by atoms with Crippen LogP contribution in [0.4, 0.5) is 5.69 Å². The Hall–Kier alpha value is -2.72. The van der Waals surface area contributed by atoms with Gasteiger partial charge in [0.1, 0.15) is 11.8 Å². The van der Waals surface area contributed by atoms with E-state index in [1.54, 1.807) is 11.9 Å². The van der Waals surface area contributed by atoms with Crippen LogP contribution in [0.25, 0.3) is 6.08 Å². The van der Waals surface area contributed by atoms with Gasteiger partial charge in [-0.2, -0.15) is 0 Å². The smallest absolute Gasteiger partial charge is 0.178 e. The molecule has 2 aromatic carbocycles. The van der Waals surface area contributed by atoms with Gasteiger partial charge in [0, 0.05) is 5.69 Å². The van der Waals surface area contributed by atoms with Crippen LogP contribution in [0, 0.1) is 0 Å². The Morgan fingerprint density at radius 3 is 1.97 bits per heavy atom. The van der Waals surface area contributed by atoms with Gasteiger partial charge in [-0.3, -0.25) is 0 Å². The van der Waals surface area contributed by atoms with Gasteiger partial charge in [0.2, 0.25) is 0 Å².